The molecule has 0 aromatic heterocycles. The van der Waals surface area contributed by atoms with Gasteiger partial charge in [-0.25, -0.2) is 0 Å². The number of methoxy groups -OCH3 is 2. The predicted molar refractivity (Wildman–Crippen MR) is 94.8 cm³/mol. The number of benzene rings is 1. The molecule has 2 unspecified atom stereocenters. The molecular weight excluding hydrogens is 354 g/mol. The summed E-state index contributed by atoms with van der Waals surface area (Å²) in [6.07, 6.45) is 8.14. The molecule has 1 aliphatic heterocycles. The van der Waals surface area contributed by atoms with Gasteiger partial charge in [-0.2, -0.15) is 0 Å². The van der Waals surface area contributed by atoms with Crippen LogP contribution < -0.4 is 5.32 Å². The molecule has 1 aromatic carbocycles. The highest BCUT2D eigenvalue weighted by Crippen LogP contribution is 2.37. The van der Waals surface area contributed by atoms with Crippen LogP contribution in [0.1, 0.15) is 30.9 Å². The number of hydrogen-bond acceptors (Lipinski definition) is 3. The van der Waals surface area contributed by atoms with Gasteiger partial charge in [-0.05, 0) is 46.8 Å². The van der Waals surface area contributed by atoms with Crippen LogP contribution in [0.25, 0.3) is 0 Å². The van der Waals surface area contributed by atoms with Crippen LogP contribution in [0.2, 0.25) is 0 Å². The molecule has 0 amide bonds. The molecule has 3 nitrogen and oxygen atoms in total. The lowest BCUT2D eigenvalue weighted by Gasteiger charge is -2.33. The minimum atomic E-state index is -0.201. The number of piperidine rings is 1. The quantitative estimate of drug-likeness (QED) is 0.850. The Morgan fingerprint density at radius 3 is 2.70 bits per heavy atom. The minimum Gasteiger partial charge on any atom is -0.498 e. The number of nitrogens with one attached hydrogen (secondary N) is 1. The zero-order valence-electron chi connectivity index (χ0n) is 13.4. The second-order valence-corrected chi connectivity index (χ2v) is 6.51. The van der Waals surface area contributed by atoms with E-state index >= 15 is 0 Å². The van der Waals surface area contributed by atoms with E-state index < -0.39 is 0 Å². The summed E-state index contributed by atoms with van der Waals surface area (Å²) in [4.78, 5) is 0. The highest BCUT2D eigenvalue weighted by atomic mass is 79.9. The Morgan fingerprint density at radius 2 is 2.00 bits per heavy atom. The van der Waals surface area contributed by atoms with Crippen molar-refractivity contribution in [2.75, 3.05) is 14.2 Å². The first-order valence-corrected chi connectivity index (χ1v) is 8.64. The van der Waals surface area contributed by atoms with Gasteiger partial charge in [0.2, 0.25) is 0 Å². The largest absolute Gasteiger partial charge is 0.498 e. The Labute approximate surface area is 146 Å². The monoisotopic (exact) mass is 374 g/mol. The topological polar surface area (TPSA) is 30.5 Å². The van der Waals surface area contributed by atoms with E-state index in [1.165, 1.54) is 11.3 Å². The summed E-state index contributed by atoms with van der Waals surface area (Å²) in [6, 6.07) is 10.9. The third-order valence-corrected chi connectivity index (χ3v) is 5.02. The van der Waals surface area contributed by atoms with Crippen molar-refractivity contribution >= 4 is 15.9 Å². The highest BCUT2D eigenvalue weighted by molar-refractivity contribution is 9.11. The molecule has 3 rings (SSSR count). The average Bonchev–Trinajstić information content (AvgIpc) is 2.62. The molecule has 1 fully saturated rings. The summed E-state index contributed by atoms with van der Waals surface area (Å²) in [5.74, 6) is 0.779. The maximum atomic E-state index is 5.69. The van der Waals surface area contributed by atoms with E-state index in [-0.39, 0.29) is 6.10 Å². The van der Waals surface area contributed by atoms with E-state index in [0.717, 1.165) is 35.1 Å². The summed E-state index contributed by atoms with van der Waals surface area (Å²) in [6.45, 7) is 0. The highest BCUT2D eigenvalue weighted by Gasteiger charge is 2.30. The number of halogens is 1. The first kappa shape index (κ1) is 16.3. The van der Waals surface area contributed by atoms with E-state index in [1.54, 1.807) is 14.2 Å². The molecule has 1 aliphatic carbocycles. The van der Waals surface area contributed by atoms with Crippen molar-refractivity contribution in [3.8, 4) is 0 Å². The lowest BCUT2D eigenvalue weighted by Crippen LogP contribution is -2.31. The number of rotatable bonds is 3. The normalized spacial score (nSPS) is 27.8. The van der Waals surface area contributed by atoms with Crippen molar-refractivity contribution in [2.45, 2.75) is 31.4 Å². The van der Waals surface area contributed by atoms with E-state index in [1.807, 2.05) is 6.08 Å². The molecule has 0 spiro atoms. The third kappa shape index (κ3) is 3.38. The second kappa shape index (κ2) is 7.37. The summed E-state index contributed by atoms with van der Waals surface area (Å²) >= 11 is 3.63. The standard InChI is InChI=1S/C19H21BrNO2/c1-22-17-12-11-14(20)18(19(17)23-2)16-10-6-9-15(21-16)13-7-4-3-5-8-13/h3-5,7-8,12,15,19,21H,6,9-10H2,1-2H3/b18-16+. The Kier molecular flexibility index (Phi) is 5.23. The van der Waals surface area contributed by atoms with Crippen molar-refractivity contribution in [1.29, 1.82) is 0 Å². The molecule has 1 heterocycles. The molecule has 1 saturated heterocycles. The van der Waals surface area contributed by atoms with Crippen LogP contribution in [0.4, 0.5) is 0 Å². The summed E-state index contributed by atoms with van der Waals surface area (Å²) in [7, 11) is 3.38. The van der Waals surface area contributed by atoms with Gasteiger partial charge in [0.05, 0.1) is 13.2 Å². The molecule has 4 heteroatoms. The summed E-state index contributed by atoms with van der Waals surface area (Å²) in [5.41, 5.74) is 3.62. The van der Waals surface area contributed by atoms with Gasteiger partial charge in [0, 0.05) is 28.9 Å². The Morgan fingerprint density at radius 1 is 1.22 bits per heavy atom. The summed E-state index contributed by atoms with van der Waals surface area (Å²) in [5, 5.41) is 3.70. The fourth-order valence-electron chi connectivity index (χ4n) is 3.22. The zero-order chi connectivity index (χ0) is 16.2. The Bertz CT molecular complexity index is 649. The van der Waals surface area contributed by atoms with Gasteiger partial charge in [0.1, 0.15) is 11.9 Å². The second-order valence-electron chi connectivity index (χ2n) is 5.72. The van der Waals surface area contributed by atoms with Gasteiger partial charge < -0.3 is 14.8 Å². The van der Waals surface area contributed by atoms with E-state index in [0.29, 0.717) is 6.04 Å². The van der Waals surface area contributed by atoms with Crippen LogP contribution in [0.15, 0.2) is 57.9 Å². The van der Waals surface area contributed by atoms with Crippen molar-refractivity contribution in [2.24, 2.45) is 0 Å². The number of ether oxygens (including phenoxy) is 2. The van der Waals surface area contributed by atoms with Crippen LogP contribution in [0.3, 0.4) is 0 Å². The predicted octanol–water partition coefficient (Wildman–Crippen LogP) is 4.40. The average molecular weight is 375 g/mol. The van der Waals surface area contributed by atoms with Crippen LogP contribution in [0.5, 0.6) is 0 Å². The fraction of sp³-hybridized carbons (Fsp3) is 0.368. The summed E-state index contributed by atoms with van der Waals surface area (Å²) < 4.78 is 12.1. The van der Waals surface area contributed by atoms with Gasteiger partial charge in [-0.15, -0.1) is 0 Å². The van der Waals surface area contributed by atoms with E-state index in [9.17, 15) is 0 Å². The van der Waals surface area contributed by atoms with Gasteiger partial charge in [0.15, 0.2) is 0 Å². The lowest BCUT2D eigenvalue weighted by atomic mass is 9.91. The Balaban J connectivity index is 1.93. The zero-order valence-corrected chi connectivity index (χ0v) is 15.0. The van der Waals surface area contributed by atoms with Crippen molar-refractivity contribution in [1.82, 2.24) is 5.32 Å². The molecule has 1 aromatic rings. The van der Waals surface area contributed by atoms with Crippen LogP contribution in [0, 0.1) is 6.08 Å². The molecule has 1 N–H and O–H groups in total. The van der Waals surface area contributed by atoms with Crippen LogP contribution in [-0.4, -0.2) is 20.3 Å². The maximum absolute atomic E-state index is 5.69. The maximum Gasteiger partial charge on any atom is 0.142 e. The number of allylic oxidation sites excluding steroid dienone is 3. The molecule has 121 valence electrons. The first-order chi connectivity index (χ1) is 11.2. The smallest absolute Gasteiger partial charge is 0.142 e. The molecule has 23 heavy (non-hydrogen) atoms. The minimum absolute atomic E-state index is 0.201. The van der Waals surface area contributed by atoms with Crippen molar-refractivity contribution < 1.29 is 9.47 Å². The van der Waals surface area contributed by atoms with Gasteiger partial charge in [-0.1, -0.05) is 30.3 Å². The van der Waals surface area contributed by atoms with Crippen LogP contribution in [-0.2, 0) is 9.47 Å². The molecule has 2 atom stereocenters. The molecular formula is C19H21BrNO2. The van der Waals surface area contributed by atoms with Crippen molar-refractivity contribution in [3.63, 3.8) is 0 Å². The molecule has 0 saturated carbocycles. The number of hydrogen-bond donors (Lipinski definition) is 1. The van der Waals surface area contributed by atoms with E-state index in [4.69, 9.17) is 9.47 Å². The van der Waals surface area contributed by atoms with Gasteiger partial charge in [0.25, 0.3) is 0 Å². The molecule has 2 aliphatic rings. The molecule has 1 radical (unpaired) electrons. The van der Waals surface area contributed by atoms with E-state index in [2.05, 4.69) is 57.7 Å². The van der Waals surface area contributed by atoms with Gasteiger partial charge in [-0.3, -0.25) is 0 Å². The third-order valence-electron chi connectivity index (χ3n) is 4.36. The molecule has 0 bridgehead atoms. The van der Waals surface area contributed by atoms with Crippen LogP contribution >= 0.6 is 15.9 Å². The first-order valence-electron chi connectivity index (χ1n) is 7.85. The van der Waals surface area contributed by atoms with Crippen molar-refractivity contribution in [3.05, 3.63) is 69.6 Å². The fourth-order valence-corrected chi connectivity index (χ4v) is 3.78. The Hall–Kier alpha value is -1.52. The van der Waals surface area contributed by atoms with Gasteiger partial charge >= 0.3 is 0 Å². The lowest BCUT2D eigenvalue weighted by molar-refractivity contribution is 0.102. The SMILES string of the molecule is COC1=C[C]=C(Br)/C(=C2/CCCC(c3ccccc3)N2)C1OC.